The molecular formula is C19H34Cl2N4O3. The van der Waals surface area contributed by atoms with Crippen molar-refractivity contribution in [2.24, 2.45) is 29.2 Å². The fourth-order valence-electron chi connectivity index (χ4n) is 5.53. The van der Waals surface area contributed by atoms with Crippen LogP contribution in [0.1, 0.15) is 51.9 Å². The maximum atomic E-state index is 11.1. The molecule has 10 atom stereocenters. The smallest absolute Gasteiger partial charge is 0.215 e. The van der Waals surface area contributed by atoms with Crippen LogP contribution in [0.25, 0.3) is 0 Å². The SMILES string of the molecule is CC1CC(OCC2NC(N)CC(N)C2C2CCC(Cl)C(Cl)C2)CCC1[N+](=O)[O-]. The second kappa shape index (κ2) is 9.75. The van der Waals surface area contributed by atoms with E-state index in [1.54, 1.807) is 0 Å². The zero-order valence-corrected chi connectivity index (χ0v) is 18.0. The predicted molar refractivity (Wildman–Crippen MR) is 111 cm³/mol. The van der Waals surface area contributed by atoms with E-state index in [1.807, 2.05) is 6.92 Å². The Labute approximate surface area is 177 Å². The molecule has 2 saturated carbocycles. The lowest BCUT2D eigenvalue weighted by atomic mass is 9.70. The van der Waals surface area contributed by atoms with Gasteiger partial charge in [0.15, 0.2) is 0 Å². The number of alkyl halides is 2. The van der Waals surface area contributed by atoms with Crippen LogP contribution in [0, 0.1) is 27.9 Å². The first-order chi connectivity index (χ1) is 13.3. The zero-order valence-electron chi connectivity index (χ0n) is 16.5. The number of nitrogens with two attached hydrogens (primary N) is 2. The Morgan fingerprint density at radius 3 is 2.50 bits per heavy atom. The minimum Gasteiger partial charge on any atom is -0.377 e. The van der Waals surface area contributed by atoms with Crippen LogP contribution < -0.4 is 16.8 Å². The average molecular weight is 437 g/mol. The molecule has 28 heavy (non-hydrogen) atoms. The lowest BCUT2D eigenvalue weighted by Crippen LogP contribution is -2.63. The molecule has 0 aromatic rings. The lowest BCUT2D eigenvalue weighted by molar-refractivity contribution is -0.536. The summed E-state index contributed by atoms with van der Waals surface area (Å²) in [6.07, 6.45) is 5.48. The molecule has 10 unspecified atom stereocenters. The first-order valence-corrected chi connectivity index (χ1v) is 11.4. The predicted octanol–water partition coefficient (Wildman–Crippen LogP) is 2.44. The average Bonchev–Trinajstić information content (AvgIpc) is 2.62. The molecule has 0 amide bonds. The highest BCUT2D eigenvalue weighted by molar-refractivity contribution is 6.30. The molecule has 0 radical (unpaired) electrons. The number of hydrogen-bond donors (Lipinski definition) is 3. The van der Waals surface area contributed by atoms with E-state index in [-0.39, 0.29) is 51.9 Å². The number of piperidine rings is 1. The van der Waals surface area contributed by atoms with Gasteiger partial charge < -0.3 is 16.2 Å². The van der Waals surface area contributed by atoms with E-state index in [4.69, 9.17) is 39.4 Å². The van der Waals surface area contributed by atoms with E-state index in [2.05, 4.69) is 5.32 Å². The van der Waals surface area contributed by atoms with Gasteiger partial charge in [-0.15, -0.1) is 23.2 Å². The van der Waals surface area contributed by atoms with Crippen molar-refractivity contribution in [1.29, 1.82) is 0 Å². The standard InChI is InChI=1S/C19H34Cl2N4O3/c1-10-6-12(3-5-17(10)25(26)27)28-9-16-19(15(22)8-18(23)24-16)11-2-4-13(20)14(21)7-11/h10-19,24H,2-9,22-23H2,1H3. The van der Waals surface area contributed by atoms with Crippen LogP contribution in [0.15, 0.2) is 0 Å². The lowest BCUT2D eigenvalue weighted by Gasteiger charge is -2.46. The van der Waals surface area contributed by atoms with E-state index < -0.39 is 6.04 Å². The molecule has 2 aliphatic carbocycles. The molecule has 0 aromatic carbocycles. The Morgan fingerprint density at radius 1 is 1.11 bits per heavy atom. The van der Waals surface area contributed by atoms with Gasteiger partial charge in [0.25, 0.3) is 0 Å². The highest BCUT2D eigenvalue weighted by atomic mass is 35.5. The van der Waals surface area contributed by atoms with Crippen molar-refractivity contribution < 1.29 is 9.66 Å². The summed E-state index contributed by atoms with van der Waals surface area (Å²) in [5, 5.41) is 14.6. The van der Waals surface area contributed by atoms with E-state index in [0.29, 0.717) is 18.9 Å². The molecular weight excluding hydrogens is 403 g/mol. The Hall–Kier alpha value is -0.180. The highest BCUT2D eigenvalue weighted by Gasteiger charge is 2.43. The molecule has 0 aromatic heterocycles. The Balaban J connectivity index is 1.59. The van der Waals surface area contributed by atoms with Crippen molar-refractivity contribution >= 4 is 23.2 Å². The van der Waals surface area contributed by atoms with Gasteiger partial charge in [0.1, 0.15) is 0 Å². The van der Waals surface area contributed by atoms with Gasteiger partial charge in [-0.3, -0.25) is 15.4 Å². The molecule has 0 bridgehead atoms. The molecule has 3 fully saturated rings. The third kappa shape index (κ3) is 5.29. The minimum absolute atomic E-state index is 0.00902. The number of nitrogens with zero attached hydrogens (tertiary/aromatic N) is 1. The van der Waals surface area contributed by atoms with Crippen LogP contribution >= 0.6 is 23.2 Å². The van der Waals surface area contributed by atoms with Crippen molar-refractivity contribution in [3.63, 3.8) is 0 Å². The second-order valence-electron chi connectivity index (χ2n) is 9.06. The summed E-state index contributed by atoms with van der Waals surface area (Å²) in [6, 6.07) is -0.369. The minimum atomic E-state index is -0.450. The molecule has 5 N–H and O–H groups in total. The van der Waals surface area contributed by atoms with Gasteiger partial charge in [-0.2, -0.15) is 0 Å². The summed E-state index contributed by atoms with van der Waals surface area (Å²) in [4.78, 5) is 11.0. The molecule has 3 aliphatic rings. The van der Waals surface area contributed by atoms with Gasteiger partial charge in [0.2, 0.25) is 6.04 Å². The van der Waals surface area contributed by atoms with Gasteiger partial charge in [0, 0.05) is 34.7 Å². The molecule has 7 nitrogen and oxygen atoms in total. The van der Waals surface area contributed by atoms with Crippen molar-refractivity contribution in [1.82, 2.24) is 5.32 Å². The quantitative estimate of drug-likeness (QED) is 0.346. The third-order valence-corrected chi connectivity index (χ3v) is 8.18. The van der Waals surface area contributed by atoms with Crippen LogP contribution in [0.5, 0.6) is 0 Å². The van der Waals surface area contributed by atoms with E-state index in [9.17, 15) is 10.1 Å². The first kappa shape index (κ1) is 22.5. The van der Waals surface area contributed by atoms with Gasteiger partial charge in [-0.05, 0) is 50.4 Å². The van der Waals surface area contributed by atoms with Gasteiger partial charge in [0.05, 0.1) is 24.3 Å². The number of nitrogens with one attached hydrogen (secondary N) is 1. The van der Waals surface area contributed by atoms with Crippen LogP contribution in [-0.4, -0.2) is 52.7 Å². The van der Waals surface area contributed by atoms with Crippen LogP contribution in [0.4, 0.5) is 0 Å². The molecule has 1 saturated heterocycles. The Morgan fingerprint density at radius 2 is 1.86 bits per heavy atom. The largest absolute Gasteiger partial charge is 0.377 e. The van der Waals surface area contributed by atoms with Gasteiger partial charge in [-0.1, -0.05) is 6.92 Å². The number of halogens is 2. The van der Waals surface area contributed by atoms with Crippen LogP contribution in [0.3, 0.4) is 0 Å². The van der Waals surface area contributed by atoms with Gasteiger partial charge in [-0.25, -0.2) is 0 Å². The summed E-state index contributed by atoms with van der Waals surface area (Å²) in [7, 11) is 0. The number of rotatable bonds is 5. The summed E-state index contributed by atoms with van der Waals surface area (Å²) in [6.45, 7) is 2.47. The van der Waals surface area contributed by atoms with Crippen LogP contribution in [0.2, 0.25) is 0 Å². The zero-order chi connectivity index (χ0) is 20.4. The summed E-state index contributed by atoms with van der Waals surface area (Å²) < 4.78 is 6.23. The number of nitro groups is 1. The maximum absolute atomic E-state index is 11.1. The Kier molecular flexibility index (Phi) is 7.84. The second-order valence-corrected chi connectivity index (χ2v) is 10.2. The normalized spacial score (nSPS) is 47.6. The number of ether oxygens (including phenoxy) is 1. The van der Waals surface area contributed by atoms with Crippen molar-refractivity contribution in [3.8, 4) is 0 Å². The fourth-order valence-corrected chi connectivity index (χ4v) is 6.12. The summed E-state index contributed by atoms with van der Waals surface area (Å²) in [5.41, 5.74) is 12.7. The molecule has 9 heteroatoms. The fraction of sp³-hybridized carbons (Fsp3) is 1.00. The van der Waals surface area contributed by atoms with Crippen LogP contribution in [-0.2, 0) is 4.74 Å². The third-order valence-electron chi connectivity index (χ3n) is 7.05. The molecule has 3 rings (SSSR count). The summed E-state index contributed by atoms with van der Waals surface area (Å²) in [5.74, 6) is 0.687. The monoisotopic (exact) mass is 436 g/mol. The van der Waals surface area contributed by atoms with Crippen molar-refractivity contribution in [2.45, 2.75) is 93.0 Å². The van der Waals surface area contributed by atoms with E-state index >= 15 is 0 Å². The van der Waals surface area contributed by atoms with E-state index in [1.165, 1.54) is 0 Å². The number of hydrogen-bond acceptors (Lipinski definition) is 6. The highest BCUT2D eigenvalue weighted by Crippen LogP contribution is 2.40. The Bertz CT molecular complexity index is 543. The molecule has 162 valence electrons. The van der Waals surface area contributed by atoms with E-state index in [0.717, 1.165) is 38.5 Å². The molecule has 1 aliphatic heterocycles. The summed E-state index contributed by atoms with van der Waals surface area (Å²) >= 11 is 12.8. The maximum Gasteiger partial charge on any atom is 0.215 e. The van der Waals surface area contributed by atoms with Crippen molar-refractivity contribution in [2.75, 3.05) is 6.61 Å². The van der Waals surface area contributed by atoms with Gasteiger partial charge >= 0.3 is 0 Å². The molecule has 0 spiro atoms. The first-order valence-electron chi connectivity index (χ1n) is 10.6. The van der Waals surface area contributed by atoms with Crippen molar-refractivity contribution in [3.05, 3.63) is 10.1 Å². The molecule has 1 heterocycles. The topological polar surface area (TPSA) is 116 Å².